The fraction of sp³-hybridized carbons (Fsp3) is 0.357. The van der Waals surface area contributed by atoms with Gasteiger partial charge in [-0.05, 0) is 32.9 Å². The van der Waals surface area contributed by atoms with E-state index in [1.807, 2.05) is 45.0 Å². The lowest BCUT2D eigenvalue weighted by Crippen LogP contribution is -2.13. The standard InChI is InChI=1S/C14H16N2O3S/c1-9(2)18-12(17)8-20-14-16-15-13(19-14)11-6-4-10(3)5-7-11/h4-7,9H,8H2,1-3H3. The van der Waals surface area contributed by atoms with Crippen molar-refractivity contribution in [3.05, 3.63) is 29.8 Å². The summed E-state index contributed by atoms with van der Waals surface area (Å²) in [4.78, 5) is 11.4. The van der Waals surface area contributed by atoms with Gasteiger partial charge in [-0.25, -0.2) is 0 Å². The largest absolute Gasteiger partial charge is 0.462 e. The highest BCUT2D eigenvalue weighted by molar-refractivity contribution is 7.99. The summed E-state index contributed by atoms with van der Waals surface area (Å²) in [6.45, 7) is 5.63. The summed E-state index contributed by atoms with van der Waals surface area (Å²) in [5.74, 6) is 0.318. The smallest absolute Gasteiger partial charge is 0.316 e. The SMILES string of the molecule is Cc1ccc(-c2nnc(SCC(=O)OC(C)C)o2)cc1. The normalized spacial score (nSPS) is 10.8. The molecule has 0 N–H and O–H groups in total. The predicted octanol–water partition coefficient (Wildman–Crippen LogP) is 3.09. The number of hydrogen-bond donors (Lipinski definition) is 0. The minimum atomic E-state index is -0.292. The van der Waals surface area contributed by atoms with Crippen molar-refractivity contribution in [3.8, 4) is 11.5 Å². The van der Waals surface area contributed by atoms with Crippen LogP contribution in [0.1, 0.15) is 19.4 Å². The van der Waals surface area contributed by atoms with E-state index in [9.17, 15) is 4.79 Å². The van der Waals surface area contributed by atoms with Crippen molar-refractivity contribution >= 4 is 17.7 Å². The average Bonchev–Trinajstić information content (AvgIpc) is 2.85. The van der Waals surface area contributed by atoms with E-state index in [1.54, 1.807) is 0 Å². The molecule has 6 heteroatoms. The first-order chi connectivity index (χ1) is 9.54. The van der Waals surface area contributed by atoms with Crippen molar-refractivity contribution in [2.75, 3.05) is 5.75 Å². The Kier molecular flexibility index (Phi) is 4.79. The van der Waals surface area contributed by atoms with Crippen LogP contribution in [0.15, 0.2) is 33.9 Å². The monoisotopic (exact) mass is 292 g/mol. The van der Waals surface area contributed by atoms with E-state index in [1.165, 1.54) is 17.3 Å². The topological polar surface area (TPSA) is 65.2 Å². The van der Waals surface area contributed by atoms with Gasteiger partial charge in [-0.1, -0.05) is 29.5 Å². The van der Waals surface area contributed by atoms with Crippen molar-refractivity contribution in [2.45, 2.75) is 32.1 Å². The van der Waals surface area contributed by atoms with E-state index in [-0.39, 0.29) is 17.8 Å². The molecule has 0 fully saturated rings. The number of ether oxygens (including phenoxy) is 1. The number of aryl methyl sites for hydroxylation is 1. The molecule has 0 radical (unpaired) electrons. The molecule has 1 aromatic heterocycles. The highest BCUT2D eigenvalue weighted by Gasteiger charge is 2.12. The molecule has 106 valence electrons. The van der Waals surface area contributed by atoms with Crippen LogP contribution in [0.4, 0.5) is 0 Å². The van der Waals surface area contributed by atoms with E-state index in [0.29, 0.717) is 11.1 Å². The molecule has 1 heterocycles. The summed E-state index contributed by atoms with van der Waals surface area (Å²) < 4.78 is 10.5. The van der Waals surface area contributed by atoms with Crippen molar-refractivity contribution in [1.29, 1.82) is 0 Å². The molecule has 0 saturated heterocycles. The van der Waals surface area contributed by atoms with Crippen LogP contribution >= 0.6 is 11.8 Å². The van der Waals surface area contributed by atoms with Crippen LogP contribution in [0.25, 0.3) is 11.5 Å². The molecule has 0 aliphatic carbocycles. The van der Waals surface area contributed by atoms with E-state index in [4.69, 9.17) is 9.15 Å². The van der Waals surface area contributed by atoms with Crippen LogP contribution in [0, 0.1) is 6.92 Å². The maximum Gasteiger partial charge on any atom is 0.316 e. The van der Waals surface area contributed by atoms with E-state index in [2.05, 4.69) is 10.2 Å². The molecule has 0 atom stereocenters. The lowest BCUT2D eigenvalue weighted by molar-refractivity contribution is -0.144. The number of benzene rings is 1. The van der Waals surface area contributed by atoms with Gasteiger partial charge in [-0.2, -0.15) is 0 Å². The number of rotatable bonds is 5. The van der Waals surface area contributed by atoms with Crippen LogP contribution in [-0.2, 0) is 9.53 Å². The van der Waals surface area contributed by atoms with Gasteiger partial charge >= 0.3 is 5.97 Å². The lowest BCUT2D eigenvalue weighted by atomic mass is 10.1. The molecule has 0 aliphatic heterocycles. The Labute approximate surface area is 121 Å². The van der Waals surface area contributed by atoms with Gasteiger partial charge in [0.25, 0.3) is 5.22 Å². The zero-order chi connectivity index (χ0) is 14.5. The maximum absolute atomic E-state index is 11.4. The second kappa shape index (κ2) is 6.56. The Morgan fingerprint density at radius 1 is 1.30 bits per heavy atom. The molecule has 1 aromatic carbocycles. The van der Waals surface area contributed by atoms with Crippen molar-refractivity contribution in [3.63, 3.8) is 0 Å². The van der Waals surface area contributed by atoms with Gasteiger partial charge in [0.1, 0.15) is 5.75 Å². The first-order valence-corrected chi connectivity index (χ1v) is 7.26. The summed E-state index contributed by atoms with van der Waals surface area (Å²) in [5.41, 5.74) is 2.03. The predicted molar refractivity (Wildman–Crippen MR) is 76.4 cm³/mol. The molecule has 2 aromatic rings. The molecule has 0 aliphatic rings. The van der Waals surface area contributed by atoms with Gasteiger partial charge in [0.2, 0.25) is 5.89 Å². The first-order valence-electron chi connectivity index (χ1n) is 6.27. The highest BCUT2D eigenvalue weighted by atomic mass is 32.2. The van der Waals surface area contributed by atoms with Crippen LogP contribution in [0.5, 0.6) is 0 Å². The van der Waals surface area contributed by atoms with Gasteiger partial charge in [0, 0.05) is 5.56 Å². The summed E-state index contributed by atoms with van der Waals surface area (Å²) in [5, 5.41) is 8.23. The maximum atomic E-state index is 11.4. The lowest BCUT2D eigenvalue weighted by Gasteiger charge is -2.05. The number of esters is 1. The molecule has 0 saturated carbocycles. The molecule has 0 spiro atoms. The van der Waals surface area contributed by atoms with Crippen LogP contribution in [-0.4, -0.2) is 28.0 Å². The molecular weight excluding hydrogens is 276 g/mol. The Hall–Kier alpha value is -1.82. The minimum Gasteiger partial charge on any atom is -0.462 e. The summed E-state index contributed by atoms with van der Waals surface area (Å²) in [7, 11) is 0. The Morgan fingerprint density at radius 3 is 2.65 bits per heavy atom. The number of carbonyl (C=O) groups is 1. The molecule has 0 unspecified atom stereocenters. The minimum absolute atomic E-state index is 0.117. The number of thioether (sulfide) groups is 1. The molecule has 0 bridgehead atoms. The van der Waals surface area contributed by atoms with Gasteiger partial charge in [0.15, 0.2) is 0 Å². The second-order valence-corrected chi connectivity index (χ2v) is 5.49. The van der Waals surface area contributed by atoms with Gasteiger partial charge in [-0.3, -0.25) is 4.79 Å². The zero-order valence-corrected chi connectivity index (χ0v) is 12.4. The van der Waals surface area contributed by atoms with Crippen LogP contribution < -0.4 is 0 Å². The fourth-order valence-electron chi connectivity index (χ4n) is 1.50. The van der Waals surface area contributed by atoms with E-state index in [0.717, 1.165) is 5.56 Å². The van der Waals surface area contributed by atoms with Crippen molar-refractivity contribution in [2.24, 2.45) is 0 Å². The number of hydrogen-bond acceptors (Lipinski definition) is 6. The first kappa shape index (κ1) is 14.6. The zero-order valence-electron chi connectivity index (χ0n) is 11.6. The molecule has 0 amide bonds. The van der Waals surface area contributed by atoms with Gasteiger partial charge in [0.05, 0.1) is 6.10 Å². The highest BCUT2D eigenvalue weighted by Crippen LogP contribution is 2.23. The summed E-state index contributed by atoms with van der Waals surface area (Å²) in [6.07, 6.45) is -0.117. The van der Waals surface area contributed by atoms with E-state index >= 15 is 0 Å². The number of aromatic nitrogens is 2. The van der Waals surface area contributed by atoms with Crippen LogP contribution in [0.3, 0.4) is 0 Å². The Balaban J connectivity index is 1.95. The molecule has 5 nitrogen and oxygen atoms in total. The van der Waals surface area contributed by atoms with Crippen LogP contribution in [0.2, 0.25) is 0 Å². The van der Waals surface area contributed by atoms with Crippen molar-refractivity contribution in [1.82, 2.24) is 10.2 Å². The number of nitrogens with zero attached hydrogens (tertiary/aromatic N) is 2. The Bertz CT molecular complexity index is 578. The van der Waals surface area contributed by atoms with Gasteiger partial charge in [-0.15, -0.1) is 10.2 Å². The molecular formula is C14H16N2O3S. The number of carbonyl (C=O) groups excluding carboxylic acids is 1. The molecule has 2 rings (SSSR count). The molecule has 20 heavy (non-hydrogen) atoms. The summed E-state index contributed by atoms with van der Waals surface area (Å²) in [6, 6.07) is 7.80. The van der Waals surface area contributed by atoms with Crippen molar-refractivity contribution < 1.29 is 13.9 Å². The van der Waals surface area contributed by atoms with E-state index < -0.39 is 0 Å². The quantitative estimate of drug-likeness (QED) is 0.623. The third kappa shape index (κ3) is 4.09. The third-order valence-corrected chi connectivity index (χ3v) is 3.18. The average molecular weight is 292 g/mol. The Morgan fingerprint density at radius 2 is 2.00 bits per heavy atom. The second-order valence-electron chi connectivity index (χ2n) is 4.57. The fourth-order valence-corrected chi connectivity index (χ4v) is 2.04. The van der Waals surface area contributed by atoms with Gasteiger partial charge < -0.3 is 9.15 Å². The summed E-state index contributed by atoms with van der Waals surface area (Å²) >= 11 is 1.17. The third-order valence-electron chi connectivity index (χ3n) is 2.39.